The van der Waals surface area contributed by atoms with Gasteiger partial charge in [0.15, 0.2) is 0 Å². The van der Waals surface area contributed by atoms with Crippen molar-refractivity contribution in [3.05, 3.63) is 142 Å². The van der Waals surface area contributed by atoms with Gasteiger partial charge in [-0.15, -0.1) is 0 Å². The largest absolute Gasteiger partial charge is 1.00 e. The molecule has 0 unspecified atom stereocenters. The zero-order valence-electron chi connectivity index (χ0n) is 19.2. The maximum atomic E-state index is 2.70. The molecule has 4 aromatic carbocycles. The van der Waals surface area contributed by atoms with Crippen LogP contribution in [0.5, 0.6) is 0 Å². The summed E-state index contributed by atoms with van der Waals surface area (Å²) in [7, 11) is 0. The second-order valence-corrected chi connectivity index (χ2v) is 24.4. The number of benzene rings is 4. The van der Waals surface area contributed by atoms with E-state index in [0.29, 0.717) is 3.63 Å². The van der Waals surface area contributed by atoms with Crippen LogP contribution in [0.3, 0.4) is 0 Å². The summed E-state index contributed by atoms with van der Waals surface area (Å²) < 4.78 is 7.83. The molecule has 0 saturated heterocycles. The molecule has 0 amide bonds. The van der Waals surface area contributed by atoms with Crippen LogP contribution in [-0.4, -0.2) is 0 Å². The van der Waals surface area contributed by atoms with Crippen molar-refractivity contribution in [3.63, 3.8) is 0 Å². The quantitative estimate of drug-likeness (QED) is 0.349. The van der Waals surface area contributed by atoms with Crippen molar-refractivity contribution in [2.45, 2.75) is 14.7 Å². The van der Waals surface area contributed by atoms with Crippen LogP contribution in [0.25, 0.3) is 11.1 Å². The number of hydrogen-bond donors (Lipinski definition) is 0. The van der Waals surface area contributed by atoms with Crippen LogP contribution in [-0.2, 0) is 18.8 Å². The Morgan fingerprint density at radius 3 is 1.47 bits per heavy atom. The molecule has 0 aromatic heterocycles. The van der Waals surface area contributed by atoms with Crippen LogP contribution in [0.2, 0.25) is 4.63 Å². The Labute approximate surface area is 216 Å². The normalized spacial score (nSPS) is 14.5. The maximum absolute atomic E-state index is 4.20. The van der Waals surface area contributed by atoms with Gasteiger partial charge in [-0.2, -0.15) is 0 Å². The van der Waals surface area contributed by atoms with Gasteiger partial charge in [-0.05, 0) is 0 Å². The number of hydrogen-bond acceptors (Lipinski definition) is 0. The average Bonchev–Trinajstić information content (AvgIpc) is 3.53. The zero-order chi connectivity index (χ0) is 21.6. The molecule has 0 spiro atoms. The molecule has 3 heteroatoms. The minimum absolute atomic E-state index is 0. The third kappa shape index (κ3) is 3.29. The first-order valence-corrected chi connectivity index (χ1v) is 19.1. The number of rotatable bonds is 4. The van der Waals surface area contributed by atoms with Crippen LogP contribution in [0, 0.1) is 0 Å². The number of fused-ring (bicyclic) bond motifs is 3. The molecule has 6 rings (SSSR count). The van der Waals surface area contributed by atoms with Crippen molar-refractivity contribution in [1.82, 2.24) is 0 Å². The van der Waals surface area contributed by atoms with Gasteiger partial charge in [0, 0.05) is 0 Å². The zero-order valence-corrected chi connectivity index (χ0v) is 23.1. The molecule has 0 atom stereocenters. The van der Waals surface area contributed by atoms with E-state index in [1.807, 2.05) is 0 Å². The van der Waals surface area contributed by atoms with E-state index in [9.17, 15) is 0 Å². The summed E-state index contributed by atoms with van der Waals surface area (Å²) in [6.45, 7) is 0. The van der Waals surface area contributed by atoms with Crippen LogP contribution in [0.1, 0.15) is 21.2 Å². The molecular formula is C31H27Cl2Zr. The standard InChI is InChI=1S/C13H9.2C6H5.C5H5.CH3.2ClH.Zr/c1-3-7-12-10(5-1)9-11-6-2-4-8-13(11)12;2*1-2-4-6-5-3-1;1-2-4-5-3-1;;;;/h1-9H;2*1-5H;1-3H,4H2;1H3;2*1H;/q;;;;;;;+2/p-2. The van der Waals surface area contributed by atoms with Gasteiger partial charge in [0.1, 0.15) is 0 Å². The van der Waals surface area contributed by atoms with Crippen molar-refractivity contribution in [1.29, 1.82) is 0 Å². The number of halogens is 2. The molecule has 34 heavy (non-hydrogen) atoms. The van der Waals surface area contributed by atoms with Gasteiger partial charge in [0.2, 0.25) is 0 Å². The summed E-state index contributed by atoms with van der Waals surface area (Å²) in [4.78, 5) is 0. The Kier molecular flexibility index (Phi) is 6.94. The van der Waals surface area contributed by atoms with Crippen molar-refractivity contribution in [3.8, 4) is 11.1 Å². The van der Waals surface area contributed by atoms with Gasteiger partial charge in [-0.3, -0.25) is 0 Å². The molecule has 0 fully saturated rings. The monoisotopic (exact) mass is 559 g/mol. The topological polar surface area (TPSA) is 0 Å². The van der Waals surface area contributed by atoms with Gasteiger partial charge in [0.25, 0.3) is 0 Å². The minimum atomic E-state index is -4.20. The van der Waals surface area contributed by atoms with Crippen LogP contribution in [0.4, 0.5) is 0 Å². The Balaban J connectivity index is 0.00000137. The van der Waals surface area contributed by atoms with E-state index in [1.165, 1.54) is 22.3 Å². The van der Waals surface area contributed by atoms with Gasteiger partial charge in [-0.1, -0.05) is 0 Å². The first-order valence-electron chi connectivity index (χ1n) is 11.6. The summed E-state index contributed by atoms with van der Waals surface area (Å²) >= 11 is -4.20. The smallest absolute Gasteiger partial charge is 1.00 e. The van der Waals surface area contributed by atoms with E-state index in [-0.39, 0.29) is 24.8 Å². The first kappa shape index (κ1) is 24.9. The molecule has 0 bridgehead atoms. The summed E-state index contributed by atoms with van der Waals surface area (Å²) in [6.07, 6.45) is 8.14. The Bertz CT molecular complexity index is 1290. The molecule has 0 nitrogen and oxygen atoms in total. The predicted molar refractivity (Wildman–Crippen MR) is 134 cm³/mol. The molecule has 0 saturated carbocycles. The Morgan fingerprint density at radius 2 is 1.03 bits per heavy atom. The maximum Gasteiger partial charge on any atom is -1.00 e. The Hall–Kier alpha value is -2.18. The van der Waals surface area contributed by atoms with Gasteiger partial charge in [0.05, 0.1) is 0 Å². The second-order valence-electron chi connectivity index (χ2n) is 9.51. The van der Waals surface area contributed by atoms with Crippen molar-refractivity contribution in [2.75, 3.05) is 0 Å². The third-order valence-corrected chi connectivity index (χ3v) is 27.2. The van der Waals surface area contributed by atoms with E-state index in [1.54, 1.807) is 9.82 Å². The van der Waals surface area contributed by atoms with E-state index in [4.69, 9.17) is 0 Å². The van der Waals surface area contributed by atoms with E-state index in [0.717, 1.165) is 6.42 Å². The molecule has 0 heterocycles. The molecule has 0 radical (unpaired) electrons. The van der Waals surface area contributed by atoms with Gasteiger partial charge < -0.3 is 24.8 Å². The Morgan fingerprint density at radius 1 is 0.588 bits per heavy atom. The number of allylic oxidation sites excluding steroid dienone is 4. The van der Waals surface area contributed by atoms with Crippen LogP contribution >= 0.6 is 0 Å². The van der Waals surface area contributed by atoms with E-state index < -0.39 is 18.8 Å². The fraction of sp³-hybridized carbons (Fsp3) is 0.0968. The molecule has 169 valence electrons. The predicted octanol–water partition coefficient (Wildman–Crippen LogP) is 0.997. The summed E-state index contributed by atoms with van der Waals surface area (Å²) in [5.74, 6) is 0. The third-order valence-electron chi connectivity index (χ3n) is 8.19. The molecule has 4 aromatic rings. The van der Waals surface area contributed by atoms with Crippen molar-refractivity contribution >= 4 is 6.54 Å². The molecule has 2 aliphatic rings. The van der Waals surface area contributed by atoms with Gasteiger partial charge >= 0.3 is 193 Å². The van der Waals surface area contributed by atoms with Crippen molar-refractivity contribution < 1.29 is 43.6 Å². The van der Waals surface area contributed by atoms with Gasteiger partial charge in [-0.25, -0.2) is 0 Å². The fourth-order valence-electron chi connectivity index (χ4n) is 6.65. The molecular weight excluding hydrogens is 534 g/mol. The average molecular weight is 562 g/mol. The fourth-order valence-corrected chi connectivity index (χ4v) is 24.9. The minimum Gasteiger partial charge on any atom is -1.00 e. The van der Waals surface area contributed by atoms with Crippen LogP contribution in [0.15, 0.2) is 131 Å². The second kappa shape index (κ2) is 9.46. The van der Waals surface area contributed by atoms with Crippen molar-refractivity contribution in [2.24, 2.45) is 0 Å². The molecule has 2 aliphatic carbocycles. The molecule has 0 aliphatic heterocycles. The van der Waals surface area contributed by atoms with Crippen LogP contribution < -0.4 is 31.4 Å². The molecule has 0 N–H and O–H groups in total. The SMILES string of the molecule is [CH3][Zr+2]([C]1=CC=CC1)([c]1ccccc1)([c]1ccccc1)[CH]1c2ccccc2-c2ccccc21.[Cl-].[Cl-]. The summed E-state index contributed by atoms with van der Waals surface area (Å²) in [5.41, 5.74) is 5.83. The summed E-state index contributed by atoms with van der Waals surface area (Å²) in [6, 6.07) is 41.2. The first-order chi connectivity index (χ1) is 15.7. The van der Waals surface area contributed by atoms with E-state index in [2.05, 4.69) is 132 Å². The van der Waals surface area contributed by atoms with E-state index >= 15 is 0 Å². The summed E-state index contributed by atoms with van der Waals surface area (Å²) in [5, 5.41) is 0.